The predicted octanol–water partition coefficient (Wildman–Crippen LogP) is 3.41. The summed E-state index contributed by atoms with van der Waals surface area (Å²) in [6.45, 7) is 3.55. The van der Waals surface area contributed by atoms with Gasteiger partial charge < -0.3 is 15.7 Å². The first-order chi connectivity index (χ1) is 13.4. The number of hydrogen-bond acceptors (Lipinski definition) is 3. The number of carboxylic acids is 1. The second kappa shape index (κ2) is 10.3. The number of rotatable bonds is 9. The Morgan fingerprint density at radius 2 is 1.57 bits per heavy atom. The SMILES string of the molecule is CCCCc1ccc(CC(=O)Nc2ccc(C(=O)NC(C)C(=O)O)cc2)cc1. The number of carbonyl (C=O) groups is 3. The summed E-state index contributed by atoms with van der Waals surface area (Å²) in [5.41, 5.74) is 3.12. The van der Waals surface area contributed by atoms with Crippen LogP contribution in [0.2, 0.25) is 0 Å². The highest BCUT2D eigenvalue weighted by molar-refractivity contribution is 5.97. The van der Waals surface area contributed by atoms with Crippen LogP contribution in [0, 0.1) is 0 Å². The standard InChI is InChI=1S/C22H26N2O4/c1-3-4-5-16-6-8-17(9-7-16)14-20(25)24-19-12-10-18(11-13-19)21(26)23-15(2)22(27)28/h6-13,15H,3-5,14H2,1-2H3,(H,23,26)(H,24,25)(H,27,28). The Labute approximate surface area is 165 Å². The van der Waals surface area contributed by atoms with E-state index in [0.717, 1.165) is 24.8 Å². The summed E-state index contributed by atoms with van der Waals surface area (Å²) in [5.74, 6) is -1.72. The zero-order valence-electron chi connectivity index (χ0n) is 16.2. The molecule has 0 saturated heterocycles. The van der Waals surface area contributed by atoms with Crippen LogP contribution in [0.15, 0.2) is 48.5 Å². The van der Waals surface area contributed by atoms with Gasteiger partial charge in [0.25, 0.3) is 5.91 Å². The highest BCUT2D eigenvalue weighted by Gasteiger charge is 2.15. The maximum Gasteiger partial charge on any atom is 0.325 e. The number of anilines is 1. The minimum atomic E-state index is -1.10. The summed E-state index contributed by atoms with van der Waals surface area (Å²) in [6.07, 6.45) is 3.63. The second-order valence-electron chi connectivity index (χ2n) is 6.76. The van der Waals surface area contributed by atoms with Gasteiger partial charge in [-0.05, 0) is 55.2 Å². The third-order valence-electron chi connectivity index (χ3n) is 4.36. The van der Waals surface area contributed by atoms with Gasteiger partial charge in [-0.2, -0.15) is 0 Å². The summed E-state index contributed by atoms with van der Waals surface area (Å²) >= 11 is 0. The number of unbranched alkanes of at least 4 members (excludes halogenated alkanes) is 1. The molecule has 0 saturated carbocycles. The van der Waals surface area contributed by atoms with E-state index in [2.05, 4.69) is 29.7 Å². The maximum atomic E-state index is 12.2. The van der Waals surface area contributed by atoms with Crippen LogP contribution < -0.4 is 10.6 Å². The number of amides is 2. The topological polar surface area (TPSA) is 95.5 Å². The Morgan fingerprint density at radius 3 is 2.14 bits per heavy atom. The molecule has 0 aliphatic carbocycles. The fraction of sp³-hybridized carbons (Fsp3) is 0.318. The van der Waals surface area contributed by atoms with Crippen molar-refractivity contribution in [3.8, 4) is 0 Å². The number of carboxylic acid groups (broad SMARTS) is 1. The number of benzene rings is 2. The van der Waals surface area contributed by atoms with Gasteiger partial charge in [0, 0.05) is 11.3 Å². The molecule has 2 aromatic rings. The van der Waals surface area contributed by atoms with Crippen LogP contribution in [0.1, 0.15) is 48.2 Å². The highest BCUT2D eigenvalue weighted by Crippen LogP contribution is 2.12. The molecule has 2 amide bonds. The molecule has 6 nitrogen and oxygen atoms in total. The first-order valence-electron chi connectivity index (χ1n) is 9.40. The molecule has 0 heterocycles. The monoisotopic (exact) mass is 382 g/mol. The molecule has 1 unspecified atom stereocenters. The van der Waals surface area contributed by atoms with Crippen LogP contribution in [0.25, 0.3) is 0 Å². The summed E-state index contributed by atoms with van der Waals surface area (Å²) in [4.78, 5) is 35.0. The van der Waals surface area contributed by atoms with E-state index in [4.69, 9.17) is 5.11 Å². The first kappa shape index (κ1) is 21.2. The fourth-order valence-electron chi connectivity index (χ4n) is 2.64. The molecular weight excluding hydrogens is 356 g/mol. The average Bonchev–Trinajstić information content (AvgIpc) is 2.67. The van der Waals surface area contributed by atoms with Gasteiger partial charge in [0.15, 0.2) is 0 Å². The largest absolute Gasteiger partial charge is 0.480 e. The third-order valence-corrected chi connectivity index (χ3v) is 4.36. The average molecular weight is 382 g/mol. The number of aryl methyl sites for hydroxylation is 1. The molecule has 2 rings (SSSR count). The Balaban J connectivity index is 1.88. The molecule has 0 radical (unpaired) electrons. The van der Waals surface area contributed by atoms with Gasteiger partial charge in [0.2, 0.25) is 5.91 Å². The summed E-state index contributed by atoms with van der Waals surface area (Å²) in [6, 6.07) is 13.4. The van der Waals surface area contributed by atoms with E-state index in [1.165, 1.54) is 12.5 Å². The summed E-state index contributed by atoms with van der Waals surface area (Å²) < 4.78 is 0. The maximum absolute atomic E-state index is 12.2. The van der Waals surface area contributed by atoms with E-state index in [1.54, 1.807) is 24.3 Å². The molecule has 0 aromatic heterocycles. The Morgan fingerprint density at radius 1 is 0.964 bits per heavy atom. The van der Waals surface area contributed by atoms with Crippen molar-refractivity contribution in [2.75, 3.05) is 5.32 Å². The molecule has 1 atom stereocenters. The molecule has 0 spiro atoms. The molecule has 0 aliphatic heterocycles. The van der Waals surface area contributed by atoms with E-state index >= 15 is 0 Å². The minimum Gasteiger partial charge on any atom is -0.480 e. The van der Waals surface area contributed by atoms with Crippen molar-refractivity contribution in [2.24, 2.45) is 0 Å². The van der Waals surface area contributed by atoms with Crippen molar-refractivity contribution < 1.29 is 19.5 Å². The molecule has 6 heteroatoms. The summed E-state index contributed by atoms with van der Waals surface area (Å²) in [5, 5.41) is 14.0. The number of nitrogens with one attached hydrogen (secondary N) is 2. The Bertz CT molecular complexity index is 813. The molecule has 2 aromatic carbocycles. The van der Waals surface area contributed by atoms with Crippen LogP contribution >= 0.6 is 0 Å². The van der Waals surface area contributed by atoms with Crippen molar-refractivity contribution in [2.45, 2.75) is 45.6 Å². The minimum absolute atomic E-state index is 0.141. The van der Waals surface area contributed by atoms with E-state index in [-0.39, 0.29) is 12.3 Å². The first-order valence-corrected chi connectivity index (χ1v) is 9.40. The lowest BCUT2D eigenvalue weighted by molar-refractivity contribution is -0.138. The summed E-state index contributed by atoms with van der Waals surface area (Å²) in [7, 11) is 0. The second-order valence-corrected chi connectivity index (χ2v) is 6.76. The Hall–Kier alpha value is -3.15. The molecule has 0 aliphatic rings. The molecule has 28 heavy (non-hydrogen) atoms. The molecular formula is C22H26N2O4. The van der Waals surface area contributed by atoms with E-state index < -0.39 is 17.9 Å². The van der Waals surface area contributed by atoms with Gasteiger partial charge in [0.1, 0.15) is 6.04 Å². The van der Waals surface area contributed by atoms with Gasteiger partial charge >= 0.3 is 5.97 Å². The number of carbonyl (C=O) groups excluding carboxylic acids is 2. The normalized spacial score (nSPS) is 11.5. The Kier molecular flexibility index (Phi) is 7.75. The molecule has 148 valence electrons. The lowest BCUT2D eigenvalue weighted by Crippen LogP contribution is -2.38. The molecule has 0 bridgehead atoms. The van der Waals surface area contributed by atoms with Gasteiger partial charge in [-0.15, -0.1) is 0 Å². The fourth-order valence-corrected chi connectivity index (χ4v) is 2.64. The quantitative estimate of drug-likeness (QED) is 0.619. The lowest BCUT2D eigenvalue weighted by atomic mass is 10.0. The van der Waals surface area contributed by atoms with Gasteiger partial charge in [-0.25, -0.2) is 0 Å². The van der Waals surface area contributed by atoms with Crippen molar-refractivity contribution >= 4 is 23.5 Å². The smallest absolute Gasteiger partial charge is 0.325 e. The van der Waals surface area contributed by atoms with Crippen molar-refractivity contribution in [1.29, 1.82) is 0 Å². The van der Waals surface area contributed by atoms with Crippen molar-refractivity contribution in [3.05, 3.63) is 65.2 Å². The highest BCUT2D eigenvalue weighted by atomic mass is 16.4. The van der Waals surface area contributed by atoms with Gasteiger partial charge in [-0.1, -0.05) is 37.6 Å². The zero-order chi connectivity index (χ0) is 20.5. The van der Waals surface area contributed by atoms with Gasteiger partial charge in [0.05, 0.1) is 6.42 Å². The molecule has 3 N–H and O–H groups in total. The van der Waals surface area contributed by atoms with Crippen LogP contribution in [0.4, 0.5) is 5.69 Å². The van der Waals surface area contributed by atoms with Crippen LogP contribution in [-0.4, -0.2) is 28.9 Å². The van der Waals surface area contributed by atoms with E-state index in [1.807, 2.05) is 12.1 Å². The third kappa shape index (κ3) is 6.54. The van der Waals surface area contributed by atoms with E-state index in [9.17, 15) is 14.4 Å². The van der Waals surface area contributed by atoms with E-state index in [0.29, 0.717) is 11.3 Å². The van der Waals surface area contributed by atoms with Gasteiger partial charge in [-0.3, -0.25) is 14.4 Å². The zero-order valence-corrected chi connectivity index (χ0v) is 16.2. The van der Waals surface area contributed by atoms with Crippen LogP contribution in [0.3, 0.4) is 0 Å². The van der Waals surface area contributed by atoms with Crippen molar-refractivity contribution in [1.82, 2.24) is 5.32 Å². The number of hydrogen-bond donors (Lipinski definition) is 3. The van der Waals surface area contributed by atoms with Crippen LogP contribution in [-0.2, 0) is 22.4 Å². The lowest BCUT2D eigenvalue weighted by Gasteiger charge is -2.10. The number of aliphatic carboxylic acids is 1. The van der Waals surface area contributed by atoms with Crippen LogP contribution in [0.5, 0.6) is 0 Å². The predicted molar refractivity (Wildman–Crippen MR) is 108 cm³/mol. The molecule has 0 fully saturated rings. The van der Waals surface area contributed by atoms with Crippen molar-refractivity contribution in [3.63, 3.8) is 0 Å².